The zero-order valence-electron chi connectivity index (χ0n) is 10.5. The summed E-state index contributed by atoms with van der Waals surface area (Å²) in [6.07, 6.45) is 4.09. The van der Waals surface area contributed by atoms with Crippen molar-refractivity contribution in [1.29, 1.82) is 0 Å². The van der Waals surface area contributed by atoms with Crippen LogP contribution in [0.2, 0.25) is 0 Å². The van der Waals surface area contributed by atoms with Crippen LogP contribution in [0.3, 0.4) is 0 Å². The topological polar surface area (TPSA) is 21.3 Å². The Morgan fingerprint density at radius 1 is 1.35 bits per heavy atom. The van der Waals surface area contributed by atoms with Gasteiger partial charge in [-0.2, -0.15) is 0 Å². The first kappa shape index (κ1) is 11.2. The summed E-state index contributed by atoms with van der Waals surface area (Å²) in [6, 6.07) is 9.03. The van der Waals surface area contributed by atoms with Crippen molar-refractivity contribution in [2.24, 2.45) is 5.41 Å². The first-order valence-corrected chi connectivity index (χ1v) is 6.72. The lowest BCUT2D eigenvalue weighted by Crippen LogP contribution is -2.33. The number of ether oxygens (including phenoxy) is 1. The van der Waals surface area contributed by atoms with E-state index in [0.717, 1.165) is 19.8 Å². The van der Waals surface area contributed by atoms with Gasteiger partial charge in [0, 0.05) is 6.54 Å². The smallest absolute Gasteiger partial charge is 0.0721 e. The molecule has 1 aromatic carbocycles. The van der Waals surface area contributed by atoms with E-state index in [4.69, 9.17) is 4.74 Å². The van der Waals surface area contributed by atoms with Crippen molar-refractivity contribution in [2.75, 3.05) is 13.2 Å². The maximum absolute atomic E-state index is 5.67. The van der Waals surface area contributed by atoms with Crippen molar-refractivity contribution in [3.63, 3.8) is 0 Å². The average Bonchev–Trinajstić information content (AvgIpc) is 3.17. The second-order valence-electron chi connectivity index (χ2n) is 5.50. The number of hydrogen-bond donors (Lipinski definition) is 1. The highest BCUT2D eigenvalue weighted by molar-refractivity contribution is 5.31. The van der Waals surface area contributed by atoms with Crippen LogP contribution in [-0.2, 0) is 11.3 Å². The standard InChI is InChI=1S/C15H21NO/c1-2-15(7-8-15)11-16-14-10-17-9-12-5-3-4-6-13(12)14/h3-6,14,16H,2,7-11H2,1H3. The molecule has 0 radical (unpaired) electrons. The van der Waals surface area contributed by atoms with Gasteiger partial charge in [-0.3, -0.25) is 0 Å². The van der Waals surface area contributed by atoms with Crippen LogP contribution in [0.15, 0.2) is 24.3 Å². The van der Waals surface area contributed by atoms with Crippen LogP contribution in [-0.4, -0.2) is 13.2 Å². The first-order chi connectivity index (χ1) is 8.33. The van der Waals surface area contributed by atoms with Crippen molar-refractivity contribution in [2.45, 2.75) is 38.8 Å². The SMILES string of the molecule is CCC1(CNC2COCc3ccccc32)CC1. The molecule has 1 unspecified atom stereocenters. The highest BCUT2D eigenvalue weighted by atomic mass is 16.5. The van der Waals surface area contributed by atoms with Crippen molar-refractivity contribution in [3.8, 4) is 0 Å². The second-order valence-corrected chi connectivity index (χ2v) is 5.50. The maximum Gasteiger partial charge on any atom is 0.0721 e. The summed E-state index contributed by atoms with van der Waals surface area (Å²) in [7, 11) is 0. The monoisotopic (exact) mass is 231 g/mol. The third kappa shape index (κ3) is 2.24. The van der Waals surface area contributed by atoms with Crippen molar-refractivity contribution in [3.05, 3.63) is 35.4 Å². The molecule has 1 aliphatic heterocycles. The minimum absolute atomic E-state index is 0.393. The molecule has 1 saturated carbocycles. The summed E-state index contributed by atoms with van der Waals surface area (Å²) >= 11 is 0. The number of fused-ring (bicyclic) bond motifs is 1. The Kier molecular flexibility index (Phi) is 2.93. The summed E-state index contributed by atoms with van der Waals surface area (Å²) in [6.45, 7) is 5.04. The van der Waals surface area contributed by atoms with E-state index >= 15 is 0 Å². The van der Waals surface area contributed by atoms with Gasteiger partial charge in [0.05, 0.1) is 19.3 Å². The summed E-state index contributed by atoms with van der Waals surface area (Å²) in [5.41, 5.74) is 3.38. The zero-order chi connectivity index (χ0) is 11.7. The van der Waals surface area contributed by atoms with E-state index in [2.05, 4.69) is 36.5 Å². The fourth-order valence-electron chi connectivity index (χ4n) is 2.72. The van der Waals surface area contributed by atoms with E-state index < -0.39 is 0 Å². The fraction of sp³-hybridized carbons (Fsp3) is 0.600. The average molecular weight is 231 g/mol. The normalized spacial score (nSPS) is 25.4. The molecule has 2 aliphatic rings. The van der Waals surface area contributed by atoms with E-state index in [1.54, 1.807) is 0 Å². The third-order valence-corrected chi connectivity index (χ3v) is 4.40. The summed E-state index contributed by atoms with van der Waals surface area (Å²) in [4.78, 5) is 0. The Bertz CT molecular complexity index is 398. The molecule has 0 saturated heterocycles. The fourth-order valence-corrected chi connectivity index (χ4v) is 2.72. The minimum atomic E-state index is 0.393. The summed E-state index contributed by atoms with van der Waals surface area (Å²) in [5.74, 6) is 0. The van der Waals surface area contributed by atoms with E-state index in [9.17, 15) is 0 Å². The molecule has 1 fully saturated rings. The maximum atomic E-state index is 5.67. The molecule has 2 heteroatoms. The Labute approximate surface area is 103 Å². The lowest BCUT2D eigenvalue weighted by Gasteiger charge is -2.28. The second kappa shape index (κ2) is 4.43. The number of hydrogen-bond acceptors (Lipinski definition) is 2. The number of benzene rings is 1. The van der Waals surface area contributed by atoms with Gasteiger partial charge in [-0.15, -0.1) is 0 Å². The van der Waals surface area contributed by atoms with Crippen LogP contribution in [0, 0.1) is 5.41 Å². The zero-order valence-corrected chi connectivity index (χ0v) is 10.5. The van der Waals surface area contributed by atoms with Crippen LogP contribution in [0.25, 0.3) is 0 Å². The van der Waals surface area contributed by atoms with Gasteiger partial charge in [0.1, 0.15) is 0 Å². The van der Waals surface area contributed by atoms with Crippen molar-refractivity contribution < 1.29 is 4.74 Å². The minimum Gasteiger partial charge on any atom is -0.375 e. The quantitative estimate of drug-likeness (QED) is 0.860. The van der Waals surface area contributed by atoms with Gasteiger partial charge < -0.3 is 10.1 Å². The molecule has 17 heavy (non-hydrogen) atoms. The molecule has 1 N–H and O–H groups in total. The van der Waals surface area contributed by atoms with Gasteiger partial charge >= 0.3 is 0 Å². The largest absolute Gasteiger partial charge is 0.375 e. The molecule has 3 rings (SSSR count). The molecule has 2 nitrogen and oxygen atoms in total. The lowest BCUT2D eigenvalue weighted by molar-refractivity contribution is 0.0803. The molecular weight excluding hydrogens is 210 g/mol. The van der Waals surface area contributed by atoms with Gasteiger partial charge in [0.2, 0.25) is 0 Å². The summed E-state index contributed by atoms with van der Waals surface area (Å²) < 4.78 is 5.67. The molecular formula is C15H21NO. The van der Waals surface area contributed by atoms with E-state index in [1.807, 2.05) is 0 Å². The predicted molar refractivity (Wildman–Crippen MR) is 68.8 cm³/mol. The molecule has 0 bridgehead atoms. The third-order valence-electron chi connectivity index (χ3n) is 4.40. The van der Waals surface area contributed by atoms with Gasteiger partial charge in [0.25, 0.3) is 0 Å². The van der Waals surface area contributed by atoms with Gasteiger partial charge in [-0.1, -0.05) is 31.2 Å². The Hall–Kier alpha value is -0.860. The molecule has 1 heterocycles. The first-order valence-electron chi connectivity index (χ1n) is 6.72. The van der Waals surface area contributed by atoms with Crippen LogP contribution in [0.4, 0.5) is 0 Å². The lowest BCUT2D eigenvalue weighted by atomic mass is 9.97. The van der Waals surface area contributed by atoms with Crippen LogP contribution in [0.1, 0.15) is 43.4 Å². The molecule has 1 aromatic rings. The molecule has 1 atom stereocenters. The molecule has 92 valence electrons. The van der Waals surface area contributed by atoms with Crippen molar-refractivity contribution >= 4 is 0 Å². The van der Waals surface area contributed by atoms with Crippen LogP contribution >= 0.6 is 0 Å². The molecule has 0 aromatic heterocycles. The van der Waals surface area contributed by atoms with E-state index in [0.29, 0.717) is 11.5 Å². The van der Waals surface area contributed by atoms with Gasteiger partial charge in [-0.05, 0) is 35.8 Å². The number of nitrogens with one attached hydrogen (secondary N) is 1. The Morgan fingerprint density at radius 2 is 2.18 bits per heavy atom. The van der Waals surface area contributed by atoms with Crippen molar-refractivity contribution in [1.82, 2.24) is 5.32 Å². The predicted octanol–water partition coefficient (Wildman–Crippen LogP) is 3.04. The number of rotatable bonds is 4. The summed E-state index contributed by atoms with van der Waals surface area (Å²) in [5, 5.41) is 3.71. The molecule has 1 aliphatic carbocycles. The van der Waals surface area contributed by atoms with Gasteiger partial charge in [0.15, 0.2) is 0 Å². The molecule has 0 spiro atoms. The Balaban J connectivity index is 1.68. The van der Waals surface area contributed by atoms with E-state index in [1.165, 1.54) is 30.4 Å². The van der Waals surface area contributed by atoms with Crippen LogP contribution < -0.4 is 5.32 Å². The Morgan fingerprint density at radius 3 is 2.94 bits per heavy atom. The highest BCUT2D eigenvalue weighted by Crippen LogP contribution is 2.48. The van der Waals surface area contributed by atoms with E-state index in [-0.39, 0.29) is 0 Å². The highest BCUT2D eigenvalue weighted by Gasteiger charge is 2.40. The van der Waals surface area contributed by atoms with Gasteiger partial charge in [-0.25, -0.2) is 0 Å². The van der Waals surface area contributed by atoms with Crippen LogP contribution in [0.5, 0.6) is 0 Å². The molecule has 0 amide bonds.